The van der Waals surface area contributed by atoms with Gasteiger partial charge in [0.05, 0.1) is 17.7 Å². The minimum Gasteiger partial charge on any atom is -0.507 e. The fraction of sp³-hybridized carbons (Fsp3) is 0.192. The number of halogens is 1. The van der Waals surface area contributed by atoms with Crippen molar-refractivity contribution in [2.24, 2.45) is 0 Å². The van der Waals surface area contributed by atoms with Gasteiger partial charge in [0, 0.05) is 34.9 Å². The van der Waals surface area contributed by atoms with Crippen LogP contribution in [-0.2, 0) is 10.2 Å². The van der Waals surface area contributed by atoms with Crippen LogP contribution in [0, 0.1) is 5.82 Å². The number of phenolic OH excluding ortho intramolecular Hbond substituents is 1. The Morgan fingerprint density at radius 2 is 1.69 bits per heavy atom. The molecule has 0 saturated carbocycles. The largest absolute Gasteiger partial charge is 0.507 e. The first-order valence-corrected chi connectivity index (χ1v) is 10.2. The van der Waals surface area contributed by atoms with E-state index in [1.807, 2.05) is 24.5 Å². The number of aromatic carboxylic acids is 1. The summed E-state index contributed by atoms with van der Waals surface area (Å²) in [6.45, 7) is 4.47. The molecule has 0 aliphatic heterocycles. The van der Waals surface area contributed by atoms with Gasteiger partial charge in [0.2, 0.25) is 0 Å². The van der Waals surface area contributed by atoms with Crippen LogP contribution >= 0.6 is 0 Å². The highest BCUT2D eigenvalue weighted by Gasteiger charge is 2.33. The van der Waals surface area contributed by atoms with Crippen LogP contribution in [0.15, 0.2) is 66.7 Å². The van der Waals surface area contributed by atoms with Crippen LogP contribution in [-0.4, -0.2) is 34.5 Å². The van der Waals surface area contributed by atoms with E-state index in [0.29, 0.717) is 12.0 Å². The molecule has 6 heteroatoms. The molecule has 1 heterocycles. The molecule has 0 aliphatic carbocycles. The van der Waals surface area contributed by atoms with Gasteiger partial charge in [-0.05, 0) is 54.1 Å². The zero-order valence-electron chi connectivity index (χ0n) is 18.1. The standard InChI is InChI=1S/C26H24FNO4/c1-26(2,15-32-3)24-22(16-7-9-17(10-8-16)25(30)31)23-20(5-4-6-21(23)29)28(24)19-13-11-18(27)12-14-19/h4-14,29H,15H2,1-3H3,(H,30,31). The van der Waals surface area contributed by atoms with Crippen molar-refractivity contribution < 1.29 is 24.1 Å². The summed E-state index contributed by atoms with van der Waals surface area (Å²) in [5.41, 5.74) is 3.59. The molecule has 2 N–H and O–H groups in total. The molecule has 0 aliphatic rings. The molecular formula is C26H24FNO4. The molecule has 0 saturated heterocycles. The number of fused-ring (bicyclic) bond motifs is 1. The highest BCUT2D eigenvalue weighted by atomic mass is 19.1. The number of hydrogen-bond donors (Lipinski definition) is 2. The maximum Gasteiger partial charge on any atom is 0.335 e. The number of carbonyl (C=O) groups is 1. The smallest absolute Gasteiger partial charge is 0.335 e. The van der Waals surface area contributed by atoms with Gasteiger partial charge < -0.3 is 19.5 Å². The Bertz CT molecular complexity index is 1290. The van der Waals surface area contributed by atoms with Crippen LogP contribution in [0.5, 0.6) is 5.75 Å². The van der Waals surface area contributed by atoms with E-state index in [9.17, 15) is 19.4 Å². The number of aromatic nitrogens is 1. The van der Waals surface area contributed by atoms with Crippen molar-refractivity contribution in [3.05, 3.63) is 83.8 Å². The minimum absolute atomic E-state index is 0.107. The molecule has 164 valence electrons. The van der Waals surface area contributed by atoms with Gasteiger partial charge >= 0.3 is 5.97 Å². The highest BCUT2D eigenvalue weighted by molar-refractivity contribution is 6.04. The number of nitrogens with zero attached hydrogens (tertiary/aromatic N) is 1. The van der Waals surface area contributed by atoms with E-state index in [1.165, 1.54) is 12.1 Å². The van der Waals surface area contributed by atoms with Crippen molar-refractivity contribution in [3.8, 4) is 22.6 Å². The Balaban J connectivity index is 2.14. The van der Waals surface area contributed by atoms with Crippen molar-refractivity contribution in [1.82, 2.24) is 4.57 Å². The molecule has 0 spiro atoms. The van der Waals surface area contributed by atoms with Crippen LogP contribution in [0.3, 0.4) is 0 Å². The molecule has 1 aromatic heterocycles. The fourth-order valence-electron chi connectivity index (χ4n) is 4.31. The third kappa shape index (κ3) is 3.63. The van der Waals surface area contributed by atoms with Crippen LogP contribution in [0.25, 0.3) is 27.7 Å². The topological polar surface area (TPSA) is 71.7 Å². The number of ether oxygens (including phenoxy) is 1. The summed E-state index contributed by atoms with van der Waals surface area (Å²) in [4.78, 5) is 11.4. The van der Waals surface area contributed by atoms with E-state index >= 15 is 0 Å². The maximum atomic E-state index is 13.7. The van der Waals surface area contributed by atoms with Gasteiger partial charge in [0.1, 0.15) is 11.6 Å². The molecule has 0 unspecified atom stereocenters. The van der Waals surface area contributed by atoms with Crippen LogP contribution < -0.4 is 0 Å². The maximum absolute atomic E-state index is 13.7. The number of methoxy groups -OCH3 is 1. The van der Waals surface area contributed by atoms with Gasteiger partial charge in [-0.25, -0.2) is 9.18 Å². The Hall–Kier alpha value is -3.64. The second-order valence-electron chi connectivity index (χ2n) is 8.41. The van der Waals surface area contributed by atoms with E-state index < -0.39 is 11.4 Å². The molecule has 3 aromatic carbocycles. The summed E-state index contributed by atoms with van der Waals surface area (Å²) in [7, 11) is 1.63. The lowest BCUT2D eigenvalue weighted by Gasteiger charge is -2.28. The second kappa shape index (κ2) is 8.13. The van der Waals surface area contributed by atoms with E-state index in [4.69, 9.17) is 4.74 Å². The lowest BCUT2D eigenvalue weighted by atomic mass is 9.84. The second-order valence-corrected chi connectivity index (χ2v) is 8.41. The van der Waals surface area contributed by atoms with Gasteiger partial charge in [-0.2, -0.15) is 0 Å². The summed E-state index contributed by atoms with van der Waals surface area (Å²) < 4.78 is 21.2. The Morgan fingerprint density at radius 1 is 1.03 bits per heavy atom. The normalized spacial score (nSPS) is 11.8. The highest BCUT2D eigenvalue weighted by Crippen LogP contribution is 2.46. The number of rotatable bonds is 6. The first kappa shape index (κ1) is 21.6. The van der Waals surface area contributed by atoms with Gasteiger partial charge in [-0.3, -0.25) is 0 Å². The van der Waals surface area contributed by atoms with Crippen molar-refractivity contribution in [2.75, 3.05) is 13.7 Å². The van der Waals surface area contributed by atoms with Gasteiger partial charge in [-0.15, -0.1) is 0 Å². The molecule has 4 aromatic rings. The van der Waals surface area contributed by atoms with Crippen LogP contribution in [0.1, 0.15) is 29.9 Å². The third-order valence-electron chi connectivity index (χ3n) is 5.62. The van der Waals surface area contributed by atoms with E-state index in [1.54, 1.807) is 55.6 Å². The number of phenols is 1. The Kier molecular flexibility index (Phi) is 5.48. The van der Waals surface area contributed by atoms with Crippen molar-refractivity contribution in [1.29, 1.82) is 0 Å². The first-order chi connectivity index (χ1) is 15.2. The number of carboxylic acids is 1. The van der Waals surface area contributed by atoms with Crippen molar-refractivity contribution >= 4 is 16.9 Å². The lowest BCUT2D eigenvalue weighted by molar-refractivity contribution is 0.0697. The number of benzene rings is 3. The fourth-order valence-corrected chi connectivity index (χ4v) is 4.31. The predicted octanol–water partition coefficient (Wildman–Crippen LogP) is 5.76. The zero-order valence-corrected chi connectivity index (χ0v) is 18.1. The molecule has 0 radical (unpaired) electrons. The molecule has 0 bridgehead atoms. The molecule has 5 nitrogen and oxygen atoms in total. The number of carboxylic acid groups (broad SMARTS) is 1. The predicted molar refractivity (Wildman–Crippen MR) is 122 cm³/mol. The van der Waals surface area contributed by atoms with Gasteiger partial charge in [0.15, 0.2) is 0 Å². The zero-order chi connectivity index (χ0) is 23.0. The summed E-state index contributed by atoms with van der Waals surface area (Å²) in [6, 6.07) is 18.1. The Labute approximate surface area is 185 Å². The SMILES string of the molecule is COCC(C)(C)c1c(-c2ccc(C(=O)O)cc2)c2c(O)cccc2n1-c1ccc(F)cc1. The number of aromatic hydroxyl groups is 1. The molecule has 0 fully saturated rings. The quantitative estimate of drug-likeness (QED) is 0.405. The van der Waals surface area contributed by atoms with E-state index in [2.05, 4.69) is 0 Å². The van der Waals surface area contributed by atoms with Gasteiger partial charge in [0.25, 0.3) is 0 Å². The average molecular weight is 433 g/mol. The minimum atomic E-state index is -1.01. The average Bonchev–Trinajstić information content (AvgIpc) is 3.12. The van der Waals surface area contributed by atoms with Crippen LogP contribution in [0.4, 0.5) is 4.39 Å². The van der Waals surface area contributed by atoms with E-state index in [-0.39, 0.29) is 17.1 Å². The number of hydrogen-bond acceptors (Lipinski definition) is 3. The lowest BCUT2D eigenvalue weighted by Crippen LogP contribution is -2.27. The van der Waals surface area contributed by atoms with Crippen LogP contribution in [0.2, 0.25) is 0 Å². The summed E-state index contributed by atoms with van der Waals surface area (Å²) in [5, 5.41) is 20.8. The van der Waals surface area contributed by atoms with Crippen molar-refractivity contribution in [3.63, 3.8) is 0 Å². The Morgan fingerprint density at radius 3 is 2.28 bits per heavy atom. The van der Waals surface area contributed by atoms with Gasteiger partial charge in [-0.1, -0.05) is 32.0 Å². The van der Waals surface area contributed by atoms with Crippen molar-refractivity contribution in [2.45, 2.75) is 19.3 Å². The summed E-state index contributed by atoms with van der Waals surface area (Å²) in [6.07, 6.45) is 0. The molecular weight excluding hydrogens is 409 g/mol. The molecule has 0 amide bonds. The van der Waals surface area contributed by atoms with E-state index in [0.717, 1.165) is 28.0 Å². The summed E-state index contributed by atoms with van der Waals surface area (Å²) in [5.74, 6) is -1.24. The molecule has 4 rings (SSSR count). The third-order valence-corrected chi connectivity index (χ3v) is 5.62. The summed E-state index contributed by atoms with van der Waals surface area (Å²) >= 11 is 0. The molecule has 32 heavy (non-hydrogen) atoms. The monoisotopic (exact) mass is 433 g/mol. The molecule has 0 atom stereocenters. The first-order valence-electron chi connectivity index (χ1n) is 10.2.